The number of hydrogen-bond acceptors (Lipinski definition) is 3. The van der Waals surface area contributed by atoms with Gasteiger partial charge in [0, 0.05) is 16.9 Å². The molecule has 3 heteroatoms. The summed E-state index contributed by atoms with van der Waals surface area (Å²) in [6.07, 6.45) is 2.10. The predicted molar refractivity (Wildman–Crippen MR) is 115 cm³/mol. The van der Waals surface area contributed by atoms with Crippen molar-refractivity contribution >= 4 is 28.2 Å². The third-order valence-electron chi connectivity index (χ3n) is 4.91. The van der Waals surface area contributed by atoms with Gasteiger partial charge >= 0.3 is 0 Å². The second-order valence-electron chi connectivity index (χ2n) is 6.78. The largest absolute Gasteiger partial charge is 0.399 e. The molecule has 0 radical (unpaired) electrons. The van der Waals surface area contributed by atoms with Gasteiger partial charge in [-0.15, -0.1) is 0 Å². The van der Waals surface area contributed by atoms with Gasteiger partial charge in [-0.25, -0.2) is 0 Å². The first-order chi connectivity index (χ1) is 13.0. The highest BCUT2D eigenvalue weighted by atomic mass is 14.5. The Bertz CT molecular complexity index is 1040. The molecule has 1 aliphatic rings. The van der Waals surface area contributed by atoms with Gasteiger partial charge in [-0.2, -0.15) is 0 Å². The molecule has 0 fully saturated rings. The second kappa shape index (κ2) is 6.61. The van der Waals surface area contributed by atoms with Crippen LogP contribution in [0.25, 0.3) is 11.1 Å². The number of fused-ring (bicyclic) bond motifs is 1. The molecule has 5 N–H and O–H groups in total. The lowest BCUT2D eigenvalue weighted by Gasteiger charge is -2.22. The van der Waals surface area contributed by atoms with Crippen molar-refractivity contribution in [2.24, 2.45) is 0 Å². The van der Waals surface area contributed by atoms with Gasteiger partial charge in [0.2, 0.25) is 0 Å². The molecule has 0 saturated heterocycles. The van der Waals surface area contributed by atoms with Crippen molar-refractivity contribution in [3.8, 4) is 0 Å². The van der Waals surface area contributed by atoms with E-state index in [9.17, 15) is 0 Å². The number of rotatable bonds is 2. The highest BCUT2D eigenvalue weighted by Gasteiger charge is 2.21. The fourth-order valence-corrected chi connectivity index (χ4v) is 3.50. The van der Waals surface area contributed by atoms with E-state index in [-0.39, 0.29) is 0 Å². The number of hydrogen-bond donors (Lipinski definition) is 3. The predicted octanol–water partition coefficient (Wildman–Crippen LogP) is 5.14. The summed E-state index contributed by atoms with van der Waals surface area (Å²) in [6, 6.07) is 23.9. The number of nitrogen functional groups attached to an aromatic ring is 2. The zero-order chi connectivity index (χ0) is 19.0. The lowest BCUT2D eigenvalue weighted by atomic mass is 9.81. The molecule has 0 unspecified atom stereocenters. The van der Waals surface area contributed by atoms with Crippen molar-refractivity contribution in [1.82, 2.24) is 0 Å². The summed E-state index contributed by atoms with van der Waals surface area (Å²) < 4.78 is 0. The van der Waals surface area contributed by atoms with E-state index in [1.165, 1.54) is 0 Å². The van der Waals surface area contributed by atoms with Gasteiger partial charge in [-0.3, -0.25) is 5.41 Å². The van der Waals surface area contributed by atoms with Crippen LogP contribution in [0.15, 0.2) is 84.4 Å². The van der Waals surface area contributed by atoms with E-state index in [0.29, 0.717) is 5.71 Å². The van der Waals surface area contributed by atoms with Crippen LogP contribution < -0.4 is 11.5 Å². The van der Waals surface area contributed by atoms with Crippen molar-refractivity contribution in [3.05, 3.63) is 107 Å². The van der Waals surface area contributed by atoms with Gasteiger partial charge in [0.25, 0.3) is 0 Å². The number of nitrogens with one attached hydrogen (secondary N) is 1. The van der Waals surface area contributed by atoms with Crippen LogP contribution in [0, 0.1) is 5.41 Å². The molecule has 132 valence electrons. The first kappa shape index (κ1) is 16.9. The van der Waals surface area contributed by atoms with Gasteiger partial charge in [-0.1, -0.05) is 48.5 Å². The maximum atomic E-state index is 8.45. The number of benzene rings is 3. The quantitative estimate of drug-likeness (QED) is 0.559. The zero-order valence-electron chi connectivity index (χ0n) is 15.2. The van der Waals surface area contributed by atoms with Crippen LogP contribution >= 0.6 is 0 Å². The Morgan fingerprint density at radius 2 is 1.19 bits per heavy atom. The van der Waals surface area contributed by atoms with E-state index in [1.54, 1.807) is 0 Å². The maximum absolute atomic E-state index is 8.45. The molecule has 0 aromatic heterocycles. The average Bonchev–Trinajstić information content (AvgIpc) is 2.69. The normalized spacial score (nSPS) is 13.1. The molecule has 0 saturated carbocycles. The van der Waals surface area contributed by atoms with Crippen LogP contribution in [0.5, 0.6) is 0 Å². The van der Waals surface area contributed by atoms with Crippen LogP contribution in [0.2, 0.25) is 0 Å². The summed E-state index contributed by atoms with van der Waals surface area (Å²) in [5, 5.41) is 8.45. The van der Waals surface area contributed by atoms with Crippen molar-refractivity contribution in [1.29, 1.82) is 5.41 Å². The Morgan fingerprint density at radius 1 is 0.704 bits per heavy atom. The van der Waals surface area contributed by atoms with Crippen LogP contribution in [0.4, 0.5) is 11.4 Å². The van der Waals surface area contributed by atoms with Crippen molar-refractivity contribution in [2.75, 3.05) is 11.5 Å². The summed E-state index contributed by atoms with van der Waals surface area (Å²) in [5.74, 6) is 0. The third kappa shape index (κ3) is 3.04. The molecule has 0 atom stereocenters. The van der Waals surface area contributed by atoms with Crippen LogP contribution in [0.1, 0.15) is 29.2 Å². The summed E-state index contributed by atoms with van der Waals surface area (Å²) >= 11 is 0. The number of allylic oxidation sites excluding steroid dienone is 3. The van der Waals surface area contributed by atoms with E-state index in [1.807, 2.05) is 73.7 Å². The fraction of sp³-hybridized carbons (Fsp3) is 0.0417. The van der Waals surface area contributed by atoms with Gasteiger partial charge in [0.15, 0.2) is 0 Å². The molecule has 0 heterocycles. The van der Waals surface area contributed by atoms with Gasteiger partial charge in [0.1, 0.15) is 0 Å². The minimum Gasteiger partial charge on any atom is -0.399 e. The van der Waals surface area contributed by atoms with E-state index in [2.05, 4.69) is 12.1 Å². The Hall–Kier alpha value is -3.59. The SMILES string of the molecule is CC1=CC(=C(c2ccc(N)cc2)c2ccc(N)cc2)c2ccccc2C1=N. The fourth-order valence-electron chi connectivity index (χ4n) is 3.50. The Balaban J connectivity index is 2.07. The monoisotopic (exact) mass is 351 g/mol. The molecule has 0 amide bonds. The molecule has 1 aliphatic carbocycles. The van der Waals surface area contributed by atoms with Gasteiger partial charge in [-0.05, 0) is 70.7 Å². The first-order valence-corrected chi connectivity index (χ1v) is 8.87. The van der Waals surface area contributed by atoms with E-state index >= 15 is 0 Å². The molecule has 0 spiro atoms. The number of anilines is 2. The Kier molecular flexibility index (Phi) is 4.13. The number of nitrogens with two attached hydrogens (primary N) is 2. The summed E-state index contributed by atoms with van der Waals surface area (Å²) in [4.78, 5) is 0. The molecule has 3 nitrogen and oxygen atoms in total. The Morgan fingerprint density at radius 3 is 1.70 bits per heavy atom. The molecule has 0 bridgehead atoms. The topological polar surface area (TPSA) is 75.9 Å². The lowest BCUT2D eigenvalue weighted by Crippen LogP contribution is -2.11. The maximum Gasteiger partial charge on any atom is 0.0647 e. The summed E-state index contributed by atoms with van der Waals surface area (Å²) in [5.41, 5.74) is 21.2. The second-order valence-corrected chi connectivity index (χ2v) is 6.78. The minimum atomic E-state index is 0.573. The molecular formula is C24H21N3. The van der Waals surface area contributed by atoms with Crippen LogP contribution in [0.3, 0.4) is 0 Å². The third-order valence-corrected chi connectivity index (χ3v) is 4.91. The summed E-state index contributed by atoms with van der Waals surface area (Å²) in [7, 11) is 0. The smallest absolute Gasteiger partial charge is 0.0647 e. The first-order valence-electron chi connectivity index (χ1n) is 8.87. The minimum absolute atomic E-state index is 0.573. The van der Waals surface area contributed by atoms with Gasteiger partial charge in [0.05, 0.1) is 5.71 Å². The molecule has 3 aromatic carbocycles. The average molecular weight is 351 g/mol. The van der Waals surface area contributed by atoms with Gasteiger partial charge < -0.3 is 11.5 Å². The molecule has 0 aliphatic heterocycles. The molecule has 4 rings (SSSR count). The van der Waals surface area contributed by atoms with Crippen molar-refractivity contribution < 1.29 is 0 Å². The molecular weight excluding hydrogens is 330 g/mol. The van der Waals surface area contributed by atoms with Crippen LogP contribution in [-0.2, 0) is 0 Å². The van der Waals surface area contributed by atoms with Crippen molar-refractivity contribution in [2.45, 2.75) is 6.92 Å². The lowest BCUT2D eigenvalue weighted by molar-refractivity contribution is 1.39. The molecule has 27 heavy (non-hydrogen) atoms. The standard InChI is InChI=1S/C24H21N3/c1-15-14-22(20-4-2-3-5-21(20)24(15)27)23(16-6-10-18(25)11-7-16)17-8-12-19(26)13-9-17/h2-14,27H,25-26H2,1H3. The Labute approximate surface area is 159 Å². The highest BCUT2D eigenvalue weighted by Crippen LogP contribution is 2.38. The zero-order valence-corrected chi connectivity index (χ0v) is 15.2. The van der Waals surface area contributed by atoms with E-state index in [0.717, 1.165) is 50.3 Å². The van der Waals surface area contributed by atoms with Crippen LogP contribution in [-0.4, -0.2) is 5.71 Å². The highest BCUT2D eigenvalue weighted by molar-refractivity contribution is 6.20. The van der Waals surface area contributed by atoms with E-state index in [4.69, 9.17) is 16.9 Å². The molecule has 3 aromatic rings. The van der Waals surface area contributed by atoms with Crippen molar-refractivity contribution in [3.63, 3.8) is 0 Å². The van der Waals surface area contributed by atoms with E-state index < -0.39 is 0 Å². The summed E-state index contributed by atoms with van der Waals surface area (Å²) in [6.45, 7) is 1.99.